The van der Waals surface area contributed by atoms with Crippen LogP contribution in [-0.4, -0.2) is 0 Å². The Bertz CT molecular complexity index is 250. The smallest absolute Gasteiger partial charge is 0.0355 e. The van der Waals surface area contributed by atoms with Gasteiger partial charge in [-0.2, -0.15) is 13.5 Å². The molecule has 0 aliphatic heterocycles. The summed E-state index contributed by atoms with van der Waals surface area (Å²) in [4.78, 5) is 0. The minimum absolute atomic E-state index is 0. The zero-order valence-electron chi connectivity index (χ0n) is 7.89. The summed E-state index contributed by atoms with van der Waals surface area (Å²) in [6, 6.07) is 8.22. The van der Waals surface area contributed by atoms with Crippen LogP contribution < -0.4 is 5.73 Å². The van der Waals surface area contributed by atoms with Crippen LogP contribution in [0.3, 0.4) is 0 Å². The summed E-state index contributed by atoms with van der Waals surface area (Å²) in [5.74, 6) is 0. The molecule has 1 aromatic rings. The van der Waals surface area contributed by atoms with Crippen molar-refractivity contribution < 1.29 is 0 Å². The monoisotopic (exact) mass is 183 g/mol. The number of benzene rings is 1. The van der Waals surface area contributed by atoms with Gasteiger partial charge in [-0.15, -0.1) is 0 Å². The highest BCUT2D eigenvalue weighted by atomic mass is 32.1. The van der Waals surface area contributed by atoms with Crippen molar-refractivity contribution in [2.24, 2.45) is 5.73 Å². The number of rotatable bonds is 1. The summed E-state index contributed by atoms with van der Waals surface area (Å²) in [7, 11) is 0. The fourth-order valence-electron chi connectivity index (χ4n) is 1.30. The fourth-order valence-corrected chi connectivity index (χ4v) is 1.30. The highest BCUT2D eigenvalue weighted by Gasteiger charge is 2.14. The lowest BCUT2D eigenvalue weighted by Crippen LogP contribution is -2.29. The third-order valence-electron chi connectivity index (χ3n) is 1.84. The van der Waals surface area contributed by atoms with Gasteiger partial charge in [0.1, 0.15) is 0 Å². The van der Waals surface area contributed by atoms with E-state index < -0.39 is 0 Å². The van der Waals surface area contributed by atoms with Crippen molar-refractivity contribution >= 4 is 13.5 Å². The Morgan fingerprint density at radius 3 is 2.00 bits per heavy atom. The lowest BCUT2D eigenvalue weighted by Gasteiger charge is -2.21. The van der Waals surface area contributed by atoms with E-state index in [9.17, 15) is 0 Å². The van der Waals surface area contributed by atoms with Gasteiger partial charge in [-0.1, -0.05) is 24.3 Å². The third-order valence-corrected chi connectivity index (χ3v) is 1.84. The molecule has 1 nitrogen and oxygen atoms in total. The molecule has 0 unspecified atom stereocenters. The van der Waals surface area contributed by atoms with Crippen LogP contribution in [-0.2, 0) is 5.54 Å². The summed E-state index contributed by atoms with van der Waals surface area (Å²) in [5, 5.41) is 0. The van der Waals surface area contributed by atoms with Gasteiger partial charge >= 0.3 is 0 Å². The highest BCUT2D eigenvalue weighted by Crippen LogP contribution is 2.19. The second kappa shape index (κ2) is 3.97. The average molecular weight is 183 g/mol. The lowest BCUT2D eigenvalue weighted by atomic mass is 9.92. The summed E-state index contributed by atoms with van der Waals surface area (Å²) in [5.41, 5.74) is 8.23. The molecule has 1 aromatic carbocycles. The zero-order valence-corrected chi connectivity index (χ0v) is 8.89. The standard InChI is InChI=1S/C10H15N.H2S/c1-8-6-4-5-7-9(8)10(2,3)11;/h4-7H,11H2,1-3H3;1H2. The average Bonchev–Trinajstić information content (AvgIpc) is 1.86. The first-order valence-electron chi connectivity index (χ1n) is 3.87. The summed E-state index contributed by atoms with van der Waals surface area (Å²) in [6.45, 7) is 6.13. The first-order valence-corrected chi connectivity index (χ1v) is 3.87. The molecule has 0 radical (unpaired) electrons. The van der Waals surface area contributed by atoms with E-state index in [0.29, 0.717) is 0 Å². The number of aryl methyl sites for hydroxylation is 1. The van der Waals surface area contributed by atoms with E-state index in [1.165, 1.54) is 11.1 Å². The van der Waals surface area contributed by atoms with Gasteiger partial charge in [0.15, 0.2) is 0 Å². The minimum atomic E-state index is -0.217. The van der Waals surface area contributed by atoms with E-state index in [4.69, 9.17) is 5.73 Å². The van der Waals surface area contributed by atoms with Gasteiger partial charge < -0.3 is 5.73 Å². The van der Waals surface area contributed by atoms with E-state index in [1.807, 2.05) is 26.0 Å². The van der Waals surface area contributed by atoms with E-state index in [1.54, 1.807) is 0 Å². The Morgan fingerprint density at radius 2 is 1.67 bits per heavy atom. The molecule has 0 bridgehead atoms. The SMILES string of the molecule is Cc1ccccc1C(C)(C)N.S. The molecule has 0 fully saturated rings. The molecule has 12 heavy (non-hydrogen) atoms. The third kappa shape index (κ3) is 2.54. The van der Waals surface area contributed by atoms with E-state index in [2.05, 4.69) is 19.1 Å². The Labute approximate surface area is 81.4 Å². The van der Waals surface area contributed by atoms with E-state index in [-0.39, 0.29) is 19.0 Å². The Morgan fingerprint density at radius 1 is 1.17 bits per heavy atom. The Balaban J connectivity index is 0.00000121. The first kappa shape index (κ1) is 11.5. The predicted molar refractivity (Wildman–Crippen MR) is 58.8 cm³/mol. The van der Waals surface area contributed by atoms with E-state index >= 15 is 0 Å². The van der Waals surface area contributed by atoms with Gasteiger partial charge in [-0.3, -0.25) is 0 Å². The van der Waals surface area contributed by atoms with Crippen molar-refractivity contribution in [2.45, 2.75) is 26.3 Å². The number of hydrogen-bond acceptors (Lipinski definition) is 1. The molecule has 0 saturated carbocycles. The molecule has 68 valence electrons. The molecule has 0 amide bonds. The maximum Gasteiger partial charge on any atom is 0.0355 e. The van der Waals surface area contributed by atoms with Crippen molar-refractivity contribution in [1.29, 1.82) is 0 Å². The molecule has 0 spiro atoms. The highest BCUT2D eigenvalue weighted by molar-refractivity contribution is 7.59. The summed E-state index contributed by atoms with van der Waals surface area (Å²) >= 11 is 0. The molecule has 0 saturated heterocycles. The quantitative estimate of drug-likeness (QED) is 0.710. The first-order chi connectivity index (χ1) is 5.02. The van der Waals surface area contributed by atoms with Crippen molar-refractivity contribution in [1.82, 2.24) is 0 Å². The van der Waals surface area contributed by atoms with Gasteiger partial charge in [-0.05, 0) is 31.9 Å². The second-order valence-corrected chi connectivity index (χ2v) is 3.54. The molecule has 2 heteroatoms. The molecule has 0 aliphatic carbocycles. The summed E-state index contributed by atoms with van der Waals surface area (Å²) < 4.78 is 0. The van der Waals surface area contributed by atoms with Crippen LogP contribution in [0.4, 0.5) is 0 Å². The van der Waals surface area contributed by atoms with Crippen LogP contribution in [0.2, 0.25) is 0 Å². The van der Waals surface area contributed by atoms with Gasteiger partial charge in [0, 0.05) is 5.54 Å². The van der Waals surface area contributed by atoms with Crippen molar-refractivity contribution in [3.8, 4) is 0 Å². The summed E-state index contributed by atoms with van der Waals surface area (Å²) in [6.07, 6.45) is 0. The van der Waals surface area contributed by atoms with Crippen molar-refractivity contribution in [3.63, 3.8) is 0 Å². The maximum absolute atomic E-state index is 5.96. The molecule has 2 N–H and O–H groups in total. The van der Waals surface area contributed by atoms with Crippen LogP contribution in [0.1, 0.15) is 25.0 Å². The van der Waals surface area contributed by atoms with Crippen molar-refractivity contribution in [3.05, 3.63) is 35.4 Å². The molecular formula is C10H17NS. The van der Waals surface area contributed by atoms with Crippen LogP contribution in [0, 0.1) is 6.92 Å². The minimum Gasteiger partial charge on any atom is -0.322 e. The number of nitrogens with two attached hydrogens (primary N) is 1. The molecule has 0 atom stereocenters. The van der Waals surface area contributed by atoms with Gasteiger partial charge in [0.25, 0.3) is 0 Å². The van der Waals surface area contributed by atoms with Crippen LogP contribution in [0.25, 0.3) is 0 Å². The second-order valence-electron chi connectivity index (χ2n) is 3.54. The van der Waals surface area contributed by atoms with Gasteiger partial charge in [0.05, 0.1) is 0 Å². The molecule has 0 aliphatic rings. The maximum atomic E-state index is 5.96. The fraction of sp³-hybridized carbons (Fsp3) is 0.400. The Hall–Kier alpha value is -0.470. The van der Waals surface area contributed by atoms with Gasteiger partial charge in [-0.25, -0.2) is 0 Å². The molecule has 0 aromatic heterocycles. The van der Waals surface area contributed by atoms with E-state index in [0.717, 1.165) is 0 Å². The van der Waals surface area contributed by atoms with Crippen molar-refractivity contribution in [2.75, 3.05) is 0 Å². The number of hydrogen-bond donors (Lipinski definition) is 1. The predicted octanol–water partition coefficient (Wildman–Crippen LogP) is 2.30. The molecule has 1 rings (SSSR count). The molecular weight excluding hydrogens is 166 g/mol. The molecule has 0 heterocycles. The topological polar surface area (TPSA) is 26.0 Å². The van der Waals surface area contributed by atoms with Crippen LogP contribution >= 0.6 is 13.5 Å². The lowest BCUT2D eigenvalue weighted by molar-refractivity contribution is 0.551. The normalized spacial score (nSPS) is 10.7. The van der Waals surface area contributed by atoms with Crippen LogP contribution in [0.15, 0.2) is 24.3 Å². The largest absolute Gasteiger partial charge is 0.322 e. The van der Waals surface area contributed by atoms with Gasteiger partial charge in [0.2, 0.25) is 0 Å². The van der Waals surface area contributed by atoms with Crippen LogP contribution in [0.5, 0.6) is 0 Å². The Kier molecular flexibility index (Phi) is 3.81. The zero-order chi connectivity index (χ0) is 8.48.